The summed E-state index contributed by atoms with van der Waals surface area (Å²) in [6.45, 7) is 21.1. The van der Waals surface area contributed by atoms with Crippen LogP contribution in [-0.2, 0) is 16.6 Å². The normalized spacial score (nSPS) is 26.6. The molecule has 4 rings (SSSR count). The van der Waals surface area contributed by atoms with Crippen molar-refractivity contribution in [3.8, 4) is 11.5 Å². The second kappa shape index (κ2) is 15.1. The molecular formula is C33H58ClNO3. The van der Waals surface area contributed by atoms with Gasteiger partial charge in [-0.25, -0.2) is 0 Å². The first-order valence-corrected chi connectivity index (χ1v) is 15.8. The van der Waals surface area contributed by atoms with Gasteiger partial charge in [0, 0.05) is 25.2 Å². The Labute approximate surface area is 239 Å². The second-order valence-electron chi connectivity index (χ2n) is 12.4. The fourth-order valence-corrected chi connectivity index (χ4v) is 6.80. The zero-order valence-electron chi connectivity index (χ0n) is 26.2. The molecule has 5 heteroatoms. The summed E-state index contributed by atoms with van der Waals surface area (Å²) < 4.78 is 17.3. The Kier molecular flexibility index (Phi) is 13.2. The summed E-state index contributed by atoms with van der Waals surface area (Å²) in [5, 5.41) is 3.90. The molecule has 0 radical (unpaired) electrons. The molecule has 0 saturated heterocycles. The van der Waals surface area contributed by atoms with E-state index >= 15 is 0 Å². The van der Waals surface area contributed by atoms with Crippen LogP contribution < -0.4 is 14.8 Å². The van der Waals surface area contributed by atoms with E-state index in [0.717, 1.165) is 43.2 Å². The van der Waals surface area contributed by atoms with Gasteiger partial charge in [-0.3, -0.25) is 0 Å². The van der Waals surface area contributed by atoms with E-state index < -0.39 is 0 Å². The number of halogens is 1. The number of nitrogens with one attached hydrogen (secondary N) is 1. The minimum Gasteiger partial charge on any atom is -0.488 e. The summed E-state index contributed by atoms with van der Waals surface area (Å²) in [4.78, 5) is 0. The molecule has 0 bridgehead atoms. The molecule has 38 heavy (non-hydrogen) atoms. The monoisotopic (exact) mass is 551 g/mol. The fraction of sp³-hybridized carbons (Fsp3) is 0.818. The molecule has 1 heterocycles. The number of ether oxygens (including phenoxy) is 3. The van der Waals surface area contributed by atoms with Gasteiger partial charge < -0.3 is 19.5 Å². The molecule has 0 spiro atoms. The van der Waals surface area contributed by atoms with Crippen molar-refractivity contribution in [3.63, 3.8) is 0 Å². The van der Waals surface area contributed by atoms with Gasteiger partial charge in [0.2, 0.25) is 0 Å². The zero-order valence-corrected chi connectivity index (χ0v) is 27.0. The summed E-state index contributed by atoms with van der Waals surface area (Å²) in [6.07, 6.45) is 7.58. The maximum Gasteiger partial charge on any atom is 0.165 e. The summed E-state index contributed by atoms with van der Waals surface area (Å²) in [5.41, 5.74) is 3.25. The van der Waals surface area contributed by atoms with E-state index in [0.29, 0.717) is 35.7 Å². The molecule has 2 saturated carbocycles. The summed E-state index contributed by atoms with van der Waals surface area (Å²) in [6, 6.07) is 4.39. The number of fused-ring (bicyclic) bond motifs is 3. The van der Waals surface area contributed by atoms with Crippen molar-refractivity contribution in [2.45, 2.75) is 105 Å². The Hall–Kier alpha value is -0.970. The maximum absolute atomic E-state index is 6.94. The largest absolute Gasteiger partial charge is 0.488 e. The standard InChI is InChI=1S/C29H46ClNO2.C2H6O.C2H6/c1-7-21-11-12-24(32-14-13-30)27-26(21)29(8-2)23(18-31-17-20-9-10-20)15-22(16-25(29)33-27)19(3)28(4,5)6;1-3-2;1-2/h11-12,19-20,22-23,25,31H,7-10,13-18H2,1-6H3;1-2H3;1-2H3/t19-,22+,23?,25+,29-;;/m1../s1. The van der Waals surface area contributed by atoms with Crippen LogP contribution in [0.4, 0.5) is 0 Å². The lowest BCUT2D eigenvalue weighted by Gasteiger charge is -2.50. The van der Waals surface area contributed by atoms with Crippen LogP contribution in [0.25, 0.3) is 0 Å². The highest BCUT2D eigenvalue weighted by Gasteiger charge is 2.58. The van der Waals surface area contributed by atoms with Gasteiger partial charge in [-0.15, -0.1) is 11.6 Å². The average Bonchev–Trinajstić information content (AvgIpc) is 3.66. The third-order valence-electron chi connectivity index (χ3n) is 9.24. The van der Waals surface area contributed by atoms with Gasteiger partial charge in [0.15, 0.2) is 11.5 Å². The molecule has 1 N–H and O–H groups in total. The molecule has 2 fully saturated rings. The lowest BCUT2D eigenvalue weighted by Crippen LogP contribution is -2.54. The highest BCUT2D eigenvalue weighted by atomic mass is 35.5. The predicted molar refractivity (Wildman–Crippen MR) is 163 cm³/mol. The molecule has 0 aromatic heterocycles. The van der Waals surface area contributed by atoms with Crippen molar-refractivity contribution in [1.82, 2.24) is 5.32 Å². The lowest BCUT2D eigenvalue weighted by atomic mass is 9.54. The van der Waals surface area contributed by atoms with Crippen molar-refractivity contribution in [1.29, 1.82) is 0 Å². The van der Waals surface area contributed by atoms with Crippen LogP contribution in [0.5, 0.6) is 11.5 Å². The first kappa shape index (κ1) is 33.2. The molecule has 1 unspecified atom stereocenters. The van der Waals surface area contributed by atoms with Crippen LogP contribution in [0.2, 0.25) is 0 Å². The van der Waals surface area contributed by atoms with Crippen molar-refractivity contribution in [2.75, 3.05) is 39.8 Å². The van der Waals surface area contributed by atoms with Gasteiger partial charge in [-0.05, 0) is 92.3 Å². The van der Waals surface area contributed by atoms with Crippen LogP contribution in [-0.4, -0.2) is 45.9 Å². The smallest absolute Gasteiger partial charge is 0.165 e. The number of rotatable bonds is 10. The van der Waals surface area contributed by atoms with Crippen molar-refractivity contribution < 1.29 is 14.2 Å². The Morgan fingerprint density at radius 3 is 2.29 bits per heavy atom. The van der Waals surface area contributed by atoms with E-state index in [-0.39, 0.29) is 11.5 Å². The van der Waals surface area contributed by atoms with E-state index in [9.17, 15) is 0 Å². The van der Waals surface area contributed by atoms with Crippen LogP contribution in [0.3, 0.4) is 0 Å². The molecule has 1 aromatic rings. The number of hydrogen-bond donors (Lipinski definition) is 1. The van der Waals surface area contributed by atoms with E-state index in [1.165, 1.54) is 36.9 Å². The molecule has 1 aliphatic heterocycles. The highest BCUT2D eigenvalue weighted by molar-refractivity contribution is 6.18. The van der Waals surface area contributed by atoms with Gasteiger partial charge in [0.25, 0.3) is 0 Å². The topological polar surface area (TPSA) is 39.7 Å². The Morgan fingerprint density at radius 1 is 1.11 bits per heavy atom. The molecule has 4 nitrogen and oxygen atoms in total. The number of hydrogen-bond acceptors (Lipinski definition) is 4. The van der Waals surface area contributed by atoms with Crippen molar-refractivity contribution in [2.24, 2.45) is 29.1 Å². The minimum absolute atomic E-state index is 0.0612. The second-order valence-corrected chi connectivity index (χ2v) is 12.8. The third kappa shape index (κ3) is 7.40. The van der Waals surface area contributed by atoms with E-state index in [4.69, 9.17) is 21.1 Å². The molecule has 220 valence electrons. The number of methoxy groups -OCH3 is 1. The quantitative estimate of drug-likeness (QED) is 0.297. The first-order chi connectivity index (χ1) is 18.2. The van der Waals surface area contributed by atoms with Gasteiger partial charge in [-0.1, -0.05) is 61.5 Å². The summed E-state index contributed by atoms with van der Waals surface area (Å²) in [5.74, 6) is 5.20. The van der Waals surface area contributed by atoms with Gasteiger partial charge in [-0.2, -0.15) is 0 Å². The van der Waals surface area contributed by atoms with Gasteiger partial charge in [0.05, 0.1) is 5.88 Å². The fourth-order valence-electron chi connectivity index (χ4n) is 6.73. The third-order valence-corrected chi connectivity index (χ3v) is 9.39. The summed E-state index contributed by atoms with van der Waals surface area (Å²) in [7, 11) is 3.25. The van der Waals surface area contributed by atoms with E-state index in [1.807, 2.05) is 13.8 Å². The highest BCUT2D eigenvalue weighted by Crippen LogP contribution is 2.61. The SMILES string of the molecule is CC.CCc1ccc(OCCCl)c2c1[C@]1(CC)C(CNCC3CC3)C[C@H]([C@@H](C)C(C)(C)C)C[C@@H]1O2.COC. The average molecular weight is 552 g/mol. The van der Waals surface area contributed by atoms with Crippen LogP contribution in [0.1, 0.15) is 98.6 Å². The number of benzene rings is 1. The van der Waals surface area contributed by atoms with Crippen molar-refractivity contribution in [3.05, 3.63) is 23.3 Å². The predicted octanol–water partition coefficient (Wildman–Crippen LogP) is 8.27. The maximum atomic E-state index is 6.94. The van der Waals surface area contributed by atoms with E-state index in [1.54, 1.807) is 14.2 Å². The molecule has 0 amide bonds. The van der Waals surface area contributed by atoms with Crippen molar-refractivity contribution >= 4 is 11.6 Å². The molecule has 3 aliphatic rings. The zero-order chi connectivity index (χ0) is 28.5. The molecule has 5 atom stereocenters. The van der Waals surface area contributed by atoms with Crippen LogP contribution in [0, 0.1) is 29.1 Å². The Morgan fingerprint density at radius 2 is 1.76 bits per heavy atom. The van der Waals surface area contributed by atoms with Crippen LogP contribution in [0.15, 0.2) is 12.1 Å². The molecule has 2 aliphatic carbocycles. The molecular weight excluding hydrogens is 494 g/mol. The lowest BCUT2D eigenvalue weighted by molar-refractivity contribution is -0.0113. The minimum atomic E-state index is 0.0612. The van der Waals surface area contributed by atoms with Gasteiger partial charge in [0.1, 0.15) is 12.7 Å². The molecule has 1 aromatic carbocycles. The van der Waals surface area contributed by atoms with Crippen LogP contribution >= 0.6 is 11.6 Å². The Balaban J connectivity index is 0.000000947. The van der Waals surface area contributed by atoms with Gasteiger partial charge >= 0.3 is 0 Å². The first-order valence-electron chi connectivity index (χ1n) is 15.3. The number of alkyl halides is 1. The van der Waals surface area contributed by atoms with E-state index in [2.05, 4.69) is 63.7 Å². The number of aryl methyl sites for hydroxylation is 1. The Bertz CT molecular complexity index is 834. The summed E-state index contributed by atoms with van der Waals surface area (Å²) >= 11 is 5.97.